The van der Waals surface area contributed by atoms with Crippen LogP contribution in [0.25, 0.3) is 16.8 Å². The first-order valence-corrected chi connectivity index (χ1v) is 12.8. The number of aliphatic carboxylic acids is 2. The number of fused-ring (bicyclic) bond motifs is 1. The first kappa shape index (κ1) is 38.1. The summed E-state index contributed by atoms with van der Waals surface area (Å²) in [5.74, 6) is -5.79. The third kappa shape index (κ3) is 11.3. The summed E-state index contributed by atoms with van der Waals surface area (Å²) in [6.45, 7) is 2.71. The van der Waals surface area contributed by atoms with Gasteiger partial charge in [-0.05, 0) is 68.5 Å². The zero-order valence-electron chi connectivity index (χ0n) is 24.4. The van der Waals surface area contributed by atoms with Crippen molar-refractivity contribution in [2.24, 2.45) is 0 Å². The number of nitrogens with zero attached hydrogens (tertiary/aromatic N) is 3. The van der Waals surface area contributed by atoms with Crippen LogP contribution >= 0.6 is 0 Å². The summed E-state index contributed by atoms with van der Waals surface area (Å²) in [7, 11) is 3.97. The summed E-state index contributed by atoms with van der Waals surface area (Å²) in [4.78, 5) is 37.2. The Morgan fingerprint density at radius 1 is 0.766 bits per heavy atom. The van der Waals surface area contributed by atoms with Crippen LogP contribution in [0.5, 0.6) is 0 Å². The number of rotatable bonds is 5. The number of carbonyl (C=O) groups excluding carboxylic acids is 1. The van der Waals surface area contributed by atoms with Crippen molar-refractivity contribution in [3.63, 3.8) is 0 Å². The van der Waals surface area contributed by atoms with Crippen LogP contribution in [0.1, 0.15) is 27.3 Å². The van der Waals surface area contributed by atoms with E-state index >= 15 is 0 Å². The maximum absolute atomic E-state index is 12.8. The van der Waals surface area contributed by atoms with Crippen molar-refractivity contribution >= 4 is 29.2 Å². The van der Waals surface area contributed by atoms with Gasteiger partial charge in [-0.2, -0.15) is 39.5 Å². The van der Waals surface area contributed by atoms with E-state index in [4.69, 9.17) is 19.8 Å². The number of imidazole rings is 1. The van der Waals surface area contributed by atoms with E-state index in [-0.39, 0.29) is 5.91 Å². The van der Waals surface area contributed by atoms with Gasteiger partial charge in [0.1, 0.15) is 5.65 Å². The Kier molecular flexibility index (Phi) is 12.1. The Morgan fingerprint density at radius 2 is 1.21 bits per heavy atom. The van der Waals surface area contributed by atoms with Gasteiger partial charge in [0.15, 0.2) is 0 Å². The molecule has 0 saturated carbocycles. The number of hydrogen-bond donors (Lipinski definition) is 3. The van der Waals surface area contributed by atoms with Crippen LogP contribution in [0.3, 0.4) is 0 Å². The monoisotopic (exact) mass is 680 g/mol. The summed E-state index contributed by atoms with van der Waals surface area (Å²) >= 11 is 0. The van der Waals surface area contributed by atoms with Gasteiger partial charge in [-0.1, -0.05) is 24.3 Å². The zero-order valence-corrected chi connectivity index (χ0v) is 24.4. The van der Waals surface area contributed by atoms with Gasteiger partial charge in [-0.15, -0.1) is 0 Å². The van der Waals surface area contributed by atoms with E-state index in [1.165, 1.54) is 12.1 Å². The van der Waals surface area contributed by atoms with Gasteiger partial charge in [0.2, 0.25) is 0 Å². The van der Waals surface area contributed by atoms with Crippen LogP contribution in [0, 0.1) is 6.92 Å². The number of nitrogens with one attached hydrogen (secondary N) is 1. The lowest BCUT2D eigenvalue weighted by atomic mass is 10.0. The molecule has 0 saturated heterocycles. The largest absolute Gasteiger partial charge is 0.490 e. The van der Waals surface area contributed by atoms with Crippen LogP contribution in [0.15, 0.2) is 66.9 Å². The maximum Gasteiger partial charge on any atom is 0.490 e. The summed E-state index contributed by atoms with van der Waals surface area (Å²) in [6.07, 6.45) is -12.7. The molecule has 254 valence electrons. The maximum atomic E-state index is 12.8. The van der Waals surface area contributed by atoms with Crippen molar-refractivity contribution in [1.82, 2.24) is 14.3 Å². The molecule has 0 aliphatic carbocycles. The molecule has 2 heterocycles. The van der Waals surface area contributed by atoms with Gasteiger partial charge in [0, 0.05) is 24.0 Å². The van der Waals surface area contributed by atoms with Crippen LogP contribution in [0.2, 0.25) is 0 Å². The normalized spacial score (nSPS) is 11.7. The summed E-state index contributed by atoms with van der Waals surface area (Å²) in [5.41, 5.74) is 4.55. The average Bonchev–Trinajstić information content (AvgIpc) is 3.26. The molecule has 0 bridgehead atoms. The van der Waals surface area contributed by atoms with E-state index in [0.29, 0.717) is 16.8 Å². The van der Waals surface area contributed by atoms with Crippen molar-refractivity contribution in [1.29, 1.82) is 0 Å². The van der Waals surface area contributed by atoms with Gasteiger partial charge in [0.05, 0.1) is 16.9 Å². The van der Waals surface area contributed by atoms with E-state index < -0.39 is 36.0 Å². The van der Waals surface area contributed by atoms with Gasteiger partial charge in [0.25, 0.3) is 5.91 Å². The minimum Gasteiger partial charge on any atom is -0.475 e. The molecule has 0 unspecified atom stereocenters. The summed E-state index contributed by atoms with van der Waals surface area (Å²) in [5, 5.41) is 17.1. The first-order valence-electron chi connectivity index (χ1n) is 12.8. The number of carboxylic acid groups (broad SMARTS) is 2. The molecule has 0 aliphatic heterocycles. The zero-order chi connectivity index (χ0) is 35.9. The second-order valence-electron chi connectivity index (χ2n) is 9.74. The molecule has 1 amide bonds. The third-order valence-corrected chi connectivity index (χ3v) is 5.86. The van der Waals surface area contributed by atoms with Crippen LogP contribution < -0.4 is 5.32 Å². The summed E-state index contributed by atoms with van der Waals surface area (Å²) in [6, 6.07) is 15.3. The molecule has 0 spiro atoms. The number of benzene rings is 2. The Balaban J connectivity index is 0.000000459. The minimum absolute atomic E-state index is 0.278. The number of carboxylic acids is 2. The number of aromatic nitrogens is 2. The molecule has 0 aliphatic rings. The molecule has 4 rings (SSSR count). The van der Waals surface area contributed by atoms with Crippen molar-refractivity contribution in [3.05, 3.63) is 89.4 Å². The lowest BCUT2D eigenvalue weighted by molar-refractivity contribution is -0.193. The highest BCUT2D eigenvalue weighted by molar-refractivity contribution is 6.04. The van der Waals surface area contributed by atoms with E-state index in [0.717, 1.165) is 41.3 Å². The van der Waals surface area contributed by atoms with Gasteiger partial charge < -0.3 is 24.8 Å². The molecule has 0 radical (unpaired) electrons. The lowest BCUT2D eigenvalue weighted by Gasteiger charge is -2.09. The highest BCUT2D eigenvalue weighted by Gasteiger charge is 2.39. The topological polar surface area (TPSA) is 124 Å². The second kappa shape index (κ2) is 15.0. The predicted octanol–water partition coefficient (Wildman–Crippen LogP) is 6.91. The molecule has 0 fully saturated rings. The first-order chi connectivity index (χ1) is 21.5. The number of amides is 1. The molecule has 2 aromatic heterocycles. The molecule has 2 aromatic carbocycles. The Morgan fingerprint density at radius 3 is 1.62 bits per heavy atom. The molecule has 18 heteroatoms. The molecule has 9 nitrogen and oxygen atoms in total. The number of pyridine rings is 1. The number of anilines is 1. The number of alkyl halides is 9. The summed E-state index contributed by atoms with van der Waals surface area (Å²) < 4.78 is 104. The molecular weight excluding hydrogens is 655 g/mol. The van der Waals surface area contributed by atoms with Crippen molar-refractivity contribution in [2.75, 3.05) is 19.4 Å². The smallest absolute Gasteiger partial charge is 0.475 e. The van der Waals surface area contributed by atoms with Crippen LogP contribution in [0.4, 0.5) is 45.2 Å². The number of carbonyl (C=O) groups is 3. The van der Waals surface area contributed by atoms with Crippen molar-refractivity contribution in [3.8, 4) is 11.1 Å². The number of hydrogen-bond acceptors (Lipinski definition) is 5. The van der Waals surface area contributed by atoms with Crippen LogP contribution in [-0.2, 0) is 22.3 Å². The second-order valence-corrected chi connectivity index (χ2v) is 9.74. The molecule has 0 atom stereocenters. The molecule has 47 heavy (non-hydrogen) atoms. The fourth-order valence-electron chi connectivity index (χ4n) is 3.60. The van der Waals surface area contributed by atoms with Crippen molar-refractivity contribution < 1.29 is 64.1 Å². The van der Waals surface area contributed by atoms with Crippen LogP contribution in [-0.4, -0.2) is 68.8 Å². The predicted molar refractivity (Wildman–Crippen MR) is 150 cm³/mol. The molecule has 4 aromatic rings. The fraction of sp³-hybridized carbons (Fsp3) is 0.241. The Labute approximate surface area is 259 Å². The van der Waals surface area contributed by atoms with E-state index in [1.807, 2.05) is 42.6 Å². The molecular formula is C29H25F9N4O5. The molecule has 3 N–H and O–H groups in total. The minimum atomic E-state index is -5.08. The SMILES string of the molecule is Cc1c(CN(C)C)nc2ccc(NC(=O)c3ccc(-c4ccc(C(F)(F)F)cc4)cc3)cn12.O=C(O)C(F)(F)F.O=C(O)C(F)(F)F. The quantitative estimate of drug-likeness (QED) is 0.196. The Bertz CT molecular complexity index is 1670. The highest BCUT2D eigenvalue weighted by atomic mass is 19.4. The average molecular weight is 681 g/mol. The van der Waals surface area contributed by atoms with E-state index in [9.17, 15) is 44.3 Å². The van der Waals surface area contributed by atoms with E-state index in [2.05, 4.69) is 10.3 Å². The fourth-order valence-corrected chi connectivity index (χ4v) is 3.60. The number of halogens is 9. The van der Waals surface area contributed by atoms with Crippen molar-refractivity contribution in [2.45, 2.75) is 32.0 Å². The standard InChI is InChI=1S/C25H23F3N4O.2C2HF3O2/c1-16-22(15-31(2)3)30-23-13-12-21(14-32(16)23)29-24(33)19-6-4-17(5-7-19)18-8-10-20(11-9-18)25(26,27)28;2*3-2(4,5)1(6)7/h4-14H,15H2,1-3H3,(H,29,33);2*(H,6,7). The lowest BCUT2D eigenvalue weighted by Crippen LogP contribution is -2.21. The van der Waals surface area contributed by atoms with E-state index in [1.54, 1.807) is 30.3 Å². The Hall–Kier alpha value is -5.13. The van der Waals surface area contributed by atoms with Gasteiger partial charge >= 0.3 is 30.5 Å². The third-order valence-electron chi connectivity index (χ3n) is 5.86. The van der Waals surface area contributed by atoms with Gasteiger partial charge in [-0.25, -0.2) is 14.6 Å². The highest BCUT2D eigenvalue weighted by Crippen LogP contribution is 2.31. The van der Waals surface area contributed by atoms with Gasteiger partial charge in [-0.3, -0.25) is 4.79 Å². The number of aryl methyl sites for hydroxylation is 1.